The number of carbonyl (C=O) groups is 1. The van der Waals surface area contributed by atoms with Crippen LogP contribution >= 0.6 is 0 Å². The van der Waals surface area contributed by atoms with Gasteiger partial charge in [-0.25, -0.2) is 8.78 Å². The van der Waals surface area contributed by atoms with E-state index in [-0.39, 0.29) is 23.8 Å². The second kappa shape index (κ2) is 3.50. The van der Waals surface area contributed by atoms with Crippen LogP contribution in [0, 0.1) is 29.4 Å². The van der Waals surface area contributed by atoms with Crippen LogP contribution in [0.1, 0.15) is 11.6 Å². The summed E-state index contributed by atoms with van der Waals surface area (Å²) in [6, 6.07) is 3.12. The van der Waals surface area contributed by atoms with E-state index in [9.17, 15) is 13.6 Å². The molecule has 2 fully saturated rings. The molecule has 2 N–H and O–H groups in total. The second-order valence-electron chi connectivity index (χ2n) is 4.66. The van der Waals surface area contributed by atoms with Gasteiger partial charge in [-0.2, -0.15) is 0 Å². The molecule has 1 aromatic carbocycles. The van der Waals surface area contributed by atoms with Crippen LogP contribution in [0.4, 0.5) is 8.78 Å². The number of fused-ring (bicyclic) bond motifs is 1. The summed E-state index contributed by atoms with van der Waals surface area (Å²) in [4.78, 5) is 10.9. The third kappa shape index (κ3) is 1.53. The Bertz CT molecular complexity index is 491. The molecule has 90 valence electrons. The van der Waals surface area contributed by atoms with E-state index in [1.807, 2.05) is 0 Å². The Labute approximate surface area is 96.4 Å². The summed E-state index contributed by atoms with van der Waals surface area (Å²) in [7, 11) is 0. The number of benzene rings is 1. The van der Waals surface area contributed by atoms with Gasteiger partial charge in [0.05, 0.1) is 5.92 Å². The van der Waals surface area contributed by atoms with E-state index in [0.717, 1.165) is 6.07 Å². The number of nitrogens with one attached hydrogen (secondary N) is 1. The third-order valence-corrected chi connectivity index (χ3v) is 3.77. The smallest absolute Gasteiger partial charge is 0.307 e. The van der Waals surface area contributed by atoms with Gasteiger partial charge in [-0.15, -0.1) is 0 Å². The fourth-order valence-corrected chi connectivity index (χ4v) is 2.94. The zero-order valence-electron chi connectivity index (χ0n) is 8.86. The summed E-state index contributed by atoms with van der Waals surface area (Å²) >= 11 is 0. The van der Waals surface area contributed by atoms with Crippen LogP contribution in [0.3, 0.4) is 0 Å². The highest BCUT2D eigenvalue weighted by Gasteiger charge is 2.62. The molecule has 3 rings (SSSR count). The number of aliphatic carboxylic acids is 1. The quantitative estimate of drug-likeness (QED) is 0.823. The van der Waals surface area contributed by atoms with Crippen molar-refractivity contribution in [3.63, 3.8) is 0 Å². The predicted octanol–water partition coefficient (Wildman–Crippen LogP) is 1.56. The van der Waals surface area contributed by atoms with Gasteiger partial charge in [-0.3, -0.25) is 4.79 Å². The number of carboxylic acid groups (broad SMARTS) is 1. The summed E-state index contributed by atoms with van der Waals surface area (Å²) in [6.07, 6.45) is 0. The first-order valence-electron chi connectivity index (χ1n) is 5.50. The van der Waals surface area contributed by atoms with Crippen LogP contribution in [-0.4, -0.2) is 17.6 Å². The maximum absolute atomic E-state index is 13.6. The number of carboxylic acids is 1. The Morgan fingerprint density at radius 3 is 2.76 bits per heavy atom. The molecule has 1 saturated carbocycles. The Morgan fingerprint density at radius 2 is 2.18 bits per heavy atom. The molecule has 0 aromatic heterocycles. The zero-order chi connectivity index (χ0) is 12.2. The molecule has 4 atom stereocenters. The lowest BCUT2D eigenvalue weighted by atomic mass is 10.0. The Kier molecular flexibility index (Phi) is 2.19. The second-order valence-corrected chi connectivity index (χ2v) is 4.66. The molecule has 0 spiro atoms. The fourth-order valence-electron chi connectivity index (χ4n) is 2.94. The lowest BCUT2D eigenvalue weighted by Crippen LogP contribution is -2.24. The molecule has 3 nitrogen and oxygen atoms in total. The lowest BCUT2D eigenvalue weighted by Gasteiger charge is -2.15. The minimum atomic E-state index is -0.825. The van der Waals surface area contributed by atoms with Gasteiger partial charge in [0.25, 0.3) is 0 Å². The van der Waals surface area contributed by atoms with Crippen molar-refractivity contribution in [2.75, 3.05) is 6.54 Å². The number of piperidine rings is 1. The first kappa shape index (κ1) is 10.7. The molecule has 1 aliphatic heterocycles. The van der Waals surface area contributed by atoms with Gasteiger partial charge >= 0.3 is 5.97 Å². The van der Waals surface area contributed by atoms with Crippen molar-refractivity contribution >= 4 is 5.97 Å². The van der Waals surface area contributed by atoms with E-state index in [1.165, 1.54) is 12.1 Å². The van der Waals surface area contributed by atoms with Crippen LogP contribution < -0.4 is 5.32 Å². The van der Waals surface area contributed by atoms with E-state index in [2.05, 4.69) is 5.32 Å². The molecule has 1 saturated heterocycles. The van der Waals surface area contributed by atoms with Crippen LogP contribution in [0.25, 0.3) is 0 Å². The molecule has 0 bridgehead atoms. The minimum absolute atomic E-state index is 0.0625. The van der Waals surface area contributed by atoms with E-state index in [0.29, 0.717) is 12.1 Å². The Balaban J connectivity index is 1.88. The highest BCUT2D eigenvalue weighted by Crippen LogP contribution is 2.57. The van der Waals surface area contributed by atoms with Crippen molar-refractivity contribution in [1.29, 1.82) is 0 Å². The Morgan fingerprint density at radius 1 is 1.41 bits per heavy atom. The van der Waals surface area contributed by atoms with E-state index >= 15 is 0 Å². The minimum Gasteiger partial charge on any atom is -0.481 e. The first-order chi connectivity index (χ1) is 8.09. The molecule has 5 heteroatoms. The molecule has 2 aliphatic rings. The van der Waals surface area contributed by atoms with E-state index < -0.39 is 17.6 Å². The third-order valence-electron chi connectivity index (χ3n) is 3.77. The largest absolute Gasteiger partial charge is 0.481 e. The van der Waals surface area contributed by atoms with E-state index in [1.54, 1.807) is 0 Å². The molecule has 1 aliphatic carbocycles. The Hall–Kier alpha value is -1.49. The molecule has 1 aromatic rings. The van der Waals surface area contributed by atoms with Crippen molar-refractivity contribution < 1.29 is 18.7 Å². The molecule has 1 heterocycles. The number of rotatable bonds is 2. The summed E-state index contributed by atoms with van der Waals surface area (Å²) in [5.74, 6) is -2.42. The van der Waals surface area contributed by atoms with Gasteiger partial charge in [0.1, 0.15) is 11.6 Å². The van der Waals surface area contributed by atoms with Crippen LogP contribution in [0.5, 0.6) is 0 Å². The molecular weight excluding hydrogens is 228 g/mol. The van der Waals surface area contributed by atoms with Gasteiger partial charge in [-0.05, 0) is 24.4 Å². The summed E-state index contributed by atoms with van der Waals surface area (Å²) < 4.78 is 26.4. The number of hydrogen-bond acceptors (Lipinski definition) is 2. The standard InChI is InChI=1S/C12H11F2NO2/c13-5-1-2-6(8(14)3-5)11-9-7(4-15-11)10(9)12(16)17/h1-3,7,9-11,15H,4H2,(H,16,17). The van der Waals surface area contributed by atoms with Crippen molar-refractivity contribution in [2.24, 2.45) is 17.8 Å². The summed E-state index contributed by atoms with van der Waals surface area (Å²) in [5, 5.41) is 12.0. The molecule has 17 heavy (non-hydrogen) atoms. The highest BCUT2D eigenvalue weighted by atomic mass is 19.1. The maximum atomic E-state index is 13.6. The first-order valence-corrected chi connectivity index (χ1v) is 5.50. The average molecular weight is 239 g/mol. The van der Waals surface area contributed by atoms with Crippen LogP contribution in [-0.2, 0) is 4.79 Å². The van der Waals surface area contributed by atoms with Gasteiger partial charge < -0.3 is 10.4 Å². The summed E-state index contributed by atoms with van der Waals surface area (Å²) in [5.41, 5.74) is 0.364. The number of halogens is 2. The molecule has 0 amide bonds. The van der Waals surface area contributed by atoms with Gasteiger partial charge in [-0.1, -0.05) is 6.07 Å². The van der Waals surface area contributed by atoms with Gasteiger partial charge in [0, 0.05) is 17.7 Å². The number of hydrogen-bond donors (Lipinski definition) is 2. The fraction of sp³-hybridized carbons (Fsp3) is 0.417. The van der Waals surface area contributed by atoms with Crippen molar-refractivity contribution in [3.8, 4) is 0 Å². The van der Waals surface area contributed by atoms with Crippen molar-refractivity contribution in [2.45, 2.75) is 6.04 Å². The highest BCUT2D eigenvalue weighted by molar-refractivity contribution is 5.75. The topological polar surface area (TPSA) is 49.3 Å². The monoisotopic (exact) mass is 239 g/mol. The maximum Gasteiger partial charge on any atom is 0.307 e. The van der Waals surface area contributed by atoms with Gasteiger partial charge in [0.2, 0.25) is 0 Å². The normalized spacial score (nSPS) is 34.5. The van der Waals surface area contributed by atoms with Gasteiger partial charge in [0.15, 0.2) is 0 Å². The van der Waals surface area contributed by atoms with Crippen molar-refractivity contribution in [1.82, 2.24) is 5.32 Å². The molecule has 4 unspecified atom stereocenters. The SMILES string of the molecule is O=C(O)C1C2CNC(c3ccc(F)cc3F)C21. The van der Waals surface area contributed by atoms with Crippen LogP contribution in [0.2, 0.25) is 0 Å². The average Bonchev–Trinajstić information content (AvgIpc) is 2.83. The van der Waals surface area contributed by atoms with Crippen LogP contribution in [0.15, 0.2) is 18.2 Å². The molecule has 0 radical (unpaired) electrons. The zero-order valence-corrected chi connectivity index (χ0v) is 8.86. The predicted molar refractivity (Wildman–Crippen MR) is 55.2 cm³/mol. The molecular formula is C12H11F2NO2. The van der Waals surface area contributed by atoms with Crippen molar-refractivity contribution in [3.05, 3.63) is 35.4 Å². The lowest BCUT2D eigenvalue weighted by molar-refractivity contribution is -0.139. The summed E-state index contributed by atoms with van der Waals surface area (Å²) in [6.45, 7) is 0.586. The van der Waals surface area contributed by atoms with E-state index in [4.69, 9.17) is 5.11 Å².